The van der Waals surface area contributed by atoms with Crippen molar-refractivity contribution in [3.63, 3.8) is 0 Å². The van der Waals surface area contributed by atoms with Crippen molar-refractivity contribution in [2.45, 2.75) is 46.0 Å². The van der Waals surface area contributed by atoms with Crippen LogP contribution in [0.1, 0.15) is 51.5 Å². The van der Waals surface area contributed by atoms with E-state index in [1.54, 1.807) is 5.57 Å². The summed E-state index contributed by atoms with van der Waals surface area (Å²) in [4.78, 5) is 7.45. The van der Waals surface area contributed by atoms with Crippen LogP contribution < -0.4 is 5.32 Å². The van der Waals surface area contributed by atoms with Crippen LogP contribution in [0.25, 0.3) is 6.08 Å². The lowest BCUT2D eigenvalue weighted by Gasteiger charge is -2.32. The minimum Gasteiger partial charge on any atom is -0.382 e. The number of ether oxygens (including phenoxy) is 1. The number of nitrogens with one attached hydrogen (secondary N) is 1. The molecule has 0 spiro atoms. The molecule has 0 atom stereocenters. The first kappa shape index (κ1) is 19.9. The minimum absolute atomic E-state index is 0.407. The second-order valence-corrected chi connectivity index (χ2v) is 7.82. The lowest BCUT2D eigenvalue weighted by Crippen LogP contribution is -2.44. The van der Waals surface area contributed by atoms with E-state index in [9.17, 15) is 0 Å². The third kappa shape index (κ3) is 6.10. The number of likely N-dealkylation sites (tertiary alicyclic amines) is 1. The molecule has 1 N–H and O–H groups in total. The Kier molecular flexibility index (Phi) is 7.33. The molecule has 4 heteroatoms. The van der Waals surface area contributed by atoms with Crippen molar-refractivity contribution in [3.8, 4) is 0 Å². The van der Waals surface area contributed by atoms with E-state index in [1.165, 1.54) is 18.4 Å². The van der Waals surface area contributed by atoms with Crippen LogP contribution in [-0.2, 0) is 4.74 Å². The normalized spacial score (nSPS) is 19.1. The van der Waals surface area contributed by atoms with E-state index >= 15 is 0 Å². The number of piperidine rings is 1. The highest BCUT2D eigenvalue weighted by molar-refractivity contribution is 5.80. The molecule has 0 radical (unpaired) electrons. The van der Waals surface area contributed by atoms with Crippen molar-refractivity contribution in [3.05, 3.63) is 41.5 Å². The van der Waals surface area contributed by atoms with Gasteiger partial charge in [0.15, 0.2) is 5.96 Å². The maximum absolute atomic E-state index is 5.56. The molecule has 1 aliphatic heterocycles. The smallest absolute Gasteiger partial charge is 0.193 e. The number of nitrogens with zero attached hydrogens (tertiary/aromatic N) is 2. The summed E-state index contributed by atoms with van der Waals surface area (Å²) < 4.78 is 5.56. The maximum atomic E-state index is 5.56. The fourth-order valence-corrected chi connectivity index (χ4v) is 3.70. The molecule has 1 aliphatic carbocycles. The van der Waals surface area contributed by atoms with E-state index in [1.807, 2.05) is 0 Å². The molecule has 1 aromatic rings. The van der Waals surface area contributed by atoms with Crippen LogP contribution in [0, 0.1) is 5.41 Å². The van der Waals surface area contributed by atoms with Crippen molar-refractivity contribution >= 4 is 12.0 Å². The Bertz CT molecular complexity index is 624. The van der Waals surface area contributed by atoms with E-state index in [4.69, 9.17) is 9.73 Å². The van der Waals surface area contributed by atoms with Crippen molar-refractivity contribution in [2.75, 3.05) is 39.4 Å². The molecular formula is C23H35N3O. The molecule has 0 unspecified atom stereocenters. The van der Waals surface area contributed by atoms with Gasteiger partial charge in [-0.15, -0.1) is 0 Å². The third-order valence-electron chi connectivity index (χ3n) is 5.71. The van der Waals surface area contributed by atoms with E-state index in [0.29, 0.717) is 5.41 Å². The van der Waals surface area contributed by atoms with Crippen LogP contribution >= 0.6 is 0 Å². The molecule has 1 saturated heterocycles. The van der Waals surface area contributed by atoms with Gasteiger partial charge in [-0.2, -0.15) is 0 Å². The second kappa shape index (κ2) is 9.93. The van der Waals surface area contributed by atoms with Gasteiger partial charge in [0.1, 0.15) is 0 Å². The molecule has 1 aromatic carbocycles. The second-order valence-electron chi connectivity index (χ2n) is 7.82. The predicted octanol–water partition coefficient (Wildman–Crippen LogP) is 4.34. The summed E-state index contributed by atoms with van der Waals surface area (Å²) in [5.74, 6) is 1.10. The van der Waals surface area contributed by atoms with Crippen LogP contribution in [0.4, 0.5) is 0 Å². The summed E-state index contributed by atoms with van der Waals surface area (Å²) in [6.45, 7) is 9.88. The molecular weight excluding hydrogens is 334 g/mol. The maximum Gasteiger partial charge on any atom is 0.193 e. The molecule has 4 nitrogen and oxygen atoms in total. The zero-order valence-electron chi connectivity index (χ0n) is 17.0. The van der Waals surface area contributed by atoms with Gasteiger partial charge in [-0.25, -0.2) is 0 Å². The van der Waals surface area contributed by atoms with E-state index in [-0.39, 0.29) is 0 Å². The summed E-state index contributed by atoms with van der Waals surface area (Å²) in [7, 11) is 0. The number of aliphatic imine (C=N–C) groups is 1. The fourth-order valence-electron chi connectivity index (χ4n) is 3.70. The van der Waals surface area contributed by atoms with Crippen molar-refractivity contribution in [1.82, 2.24) is 10.2 Å². The van der Waals surface area contributed by atoms with Crippen molar-refractivity contribution < 1.29 is 4.74 Å². The highest BCUT2D eigenvalue weighted by Crippen LogP contribution is 2.49. The average molecular weight is 370 g/mol. The molecule has 2 fully saturated rings. The topological polar surface area (TPSA) is 36.9 Å². The quantitative estimate of drug-likeness (QED) is 0.421. The van der Waals surface area contributed by atoms with Gasteiger partial charge in [0.25, 0.3) is 0 Å². The van der Waals surface area contributed by atoms with Crippen LogP contribution in [0.2, 0.25) is 0 Å². The van der Waals surface area contributed by atoms with Gasteiger partial charge in [0.05, 0.1) is 0 Å². The molecule has 0 aromatic heterocycles. The summed E-state index contributed by atoms with van der Waals surface area (Å²) in [5.41, 5.74) is 3.26. The van der Waals surface area contributed by atoms with Gasteiger partial charge in [0.2, 0.25) is 0 Å². The van der Waals surface area contributed by atoms with E-state index in [0.717, 1.165) is 64.6 Å². The van der Waals surface area contributed by atoms with Gasteiger partial charge in [-0.05, 0) is 56.9 Å². The third-order valence-corrected chi connectivity index (χ3v) is 5.71. The largest absolute Gasteiger partial charge is 0.382 e. The first-order valence-corrected chi connectivity index (χ1v) is 10.6. The summed E-state index contributed by atoms with van der Waals surface area (Å²) in [5, 5.41) is 3.51. The Labute approximate surface area is 164 Å². The van der Waals surface area contributed by atoms with Gasteiger partial charge in [-0.1, -0.05) is 42.0 Å². The predicted molar refractivity (Wildman–Crippen MR) is 114 cm³/mol. The fraction of sp³-hybridized carbons (Fsp3) is 0.609. The molecule has 0 amide bonds. The number of benzene rings is 1. The Hall–Kier alpha value is -1.81. The van der Waals surface area contributed by atoms with Gasteiger partial charge < -0.3 is 15.0 Å². The first-order valence-electron chi connectivity index (χ1n) is 10.6. The molecule has 3 rings (SSSR count). The molecule has 1 heterocycles. The zero-order valence-corrected chi connectivity index (χ0v) is 17.0. The minimum atomic E-state index is 0.407. The number of guanidine groups is 1. The van der Waals surface area contributed by atoms with Gasteiger partial charge in [-0.3, -0.25) is 4.99 Å². The SMILES string of the molecule is CCNC(=NCC1(CCOCC)CC1)N1CCC(=Cc2ccccc2)CC1. The monoisotopic (exact) mass is 369 g/mol. The van der Waals surface area contributed by atoms with Gasteiger partial charge in [0, 0.05) is 39.4 Å². The summed E-state index contributed by atoms with van der Waals surface area (Å²) in [6, 6.07) is 10.7. The molecule has 148 valence electrons. The lowest BCUT2D eigenvalue weighted by molar-refractivity contribution is 0.129. The summed E-state index contributed by atoms with van der Waals surface area (Å²) >= 11 is 0. The Balaban J connectivity index is 1.54. The Morgan fingerprint density at radius 1 is 1.19 bits per heavy atom. The van der Waals surface area contributed by atoms with Crippen molar-refractivity contribution in [1.29, 1.82) is 0 Å². The molecule has 2 aliphatic rings. The molecule has 0 bridgehead atoms. The van der Waals surface area contributed by atoms with Crippen LogP contribution in [0.5, 0.6) is 0 Å². The average Bonchev–Trinajstić information content (AvgIpc) is 3.47. The number of hydrogen-bond acceptors (Lipinski definition) is 2. The van der Waals surface area contributed by atoms with Crippen LogP contribution in [0.15, 0.2) is 40.9 Å². The molecule has 27 heavy (non-hydrogen) atoms. The van der Waals surface area contributed by atoms with Crippen LogP contribution in [0.3, 0.4) is 0 Å². The Morgan fingerprint density at radius 2 is 1.93 bits per heavy atom. The van der Waals surface area contributed by atoms with Crippen molar-refractivity contribution in [2.24, 2.45) is 10.4 Å². The van der Waals surface area contributed by atoms with E-state index < -0.39 is 0 Å². The first-order chi connectivity index (χ1) is 13.2. The lowest BCUT2D eigenvalue weighted by atomic mass is 10.0. The standard InChI is InChI=1S/C23H35N3O/c1-3-24-22(25-19-23(12-13-23)14-17-27-4-2)26-15-10-21(11-16-26)18-20-8-6-5-7-9-20/h5-9,18H,3-4,10-17,19H2,1-2H3,(H,24,25). The summed E-state index contributed by atoms with van der Waals surface area (Å²) in [6.07, 6.45) is 8.34. The highest BCUT2D eigenvalue weighted by Gasteiger charge is 2.42. The van der Waals surface area contributed by atoms with E-state index in [2.05, 4.69) is 60.5 Å². The van der Waals surface area contributed by atoms with Crippen LogP contribution in [-0.4, -0.2) is 50.3 Å². The van der Waals surface area contributed by atoms with Gasteiger partial charge >= 0.3 is 0 Å². The zero-order chi connectivity index (χ0) is 19.0. The Morgan fingerprint density at radius 3 is 2.56 bits per heavy atom. The molecule has 1 saturated carbocycles. The number of rotatable bonds is 8. The number of hydrogen-bond donors (Lipinski definition) is 1. The highest BCUT2D eigenvalue weighted by atomic mass is 16.5.